The number of anilines is 2. The van der Waals surface area contributed by atoms with Crippen molar-refractivity contribution in [2.24, 2.45) is 0 Å². The van der Waals surface area contributed by atoms with E-state index in [9.17, 15) is 13.2 Å². The summed E-state index contributed by atoms with van der Waals surface area (Å²) in [5.74, 6) is -0.0887. The van der Waals surface area contributed by atoms with Crippen molar-refractivity contribution in [3.63, 3.8) is 0 Å². The fraction of sp³-hybridized carbons (Fsp3) is 0.0952. The highest BCUT2D eigenvalue weighted by atomic mass is 35.5. The zero-order valence-corrected chi connectivity index (χ0v) is 16.4. The van der Waals surface area contributed by atoms with Crippen LogP contribution in [-0.4, -0.2) is 20.9 Å². The van der Waals surface area contributed by atoms with E-state index in [1.165, 1.54) is 6.07 Å². The number of benzene rings is 3. The van der Waals surface area contributed by atoms with Gasteiger partial charge in [0.25, 0.3) is 15.9 Å². The number of carbonyl (C=O) groups is 1. The molecule has 1 aliphatic heterocycles. The van der Waals surface area contributed by atoms with Gasteiger partial charge < -0.3 is 4.90 Å². The van der Waals surface area contributed by atoms with Crippen LogP contribution in [0, 0.1) is 0 Å². The van der Waals surface area contributed by atoms with Gasteiger partial charge in [-0.05, 0) is 66.6 Å². The molecule has 0 fully saturated rings. The van der Waals surface area contributed by atoms with E-state index < -0.39 is 10.0 Å². The minimum Gasteiger partial charge on any atom is -0.308 e. The molecule has 0 saturated heterocycles. The molecule has 0 radical (unpaired) electrons. The van der Waals surface area contributed by atoms with E-state index in [2.05, 4.69) is 4.72 Å². The maximum absolute atomic E-state index is 12.7. The molecule has 1 amide bonds. The van der Waals surface area contributed by atoms with Gasteiger partial charge in [0, 0.05) is 28.5 Å². The Hall–Kier alpha value is -2.83. The quantitative estimate of drug-likeness (QED) is 0.693. The standard InChI is InChI=1S/C21H17ClN2O3S/c22-17-6-8-18(9-7-17)23-28(26,27)19-10-11-20-16(14-19)12-13-24(20)21(25)15-4-2-1-3-5-15/h1-11,14,23H,12-13H2. The fourth-order valence-electron chi connectivity index (χ4n) is 3.22. The largest absolute Gasteiger partial charge is 0.308 e. The van der Waals surface area contributed by atoms with Gasteiger partial charge in [0.1, 0.15) is 0 Å². The number of rotatable bonds is 4. The van der Waals surface area contributed by atoms with E-state index in [1.807, 2.05) is 18.2 Å². The van der Waals surface area contributed by atoms with E-state index in [0.717, 1.165) is 11.3 Å². The number of hydrogen-bond donors (Lipinski definition) is 1. The van der Waals surface area contributed by atoms with Crippen LogP contribution in [0.3, 0.4) is 0 Å². The lowest BCUT2D eigenvalue weighted by Gasteiger charge is -2.18. The molecule has 0 saturated carbocycles. The predicted octanol–water partition coefficient (Wildman–Crippen LogP) is 4.34. The topological polar surface area (TPSA) is 66.5 Å². The van der Waals surface area contributed by atoms with Crippen molar-refractivity contribution in [1.29, 1.82) is 0 Å². The van der Waals surface area contributed by atoms with Gasteiger partial charge >= 0.3 is 0 Å². The van der Waals surface area contributed by atoms with E-state index in [-0.39, 0.29) is 10.8 Å². The Morgan fingerprint density at radius 1 is 0.964 bits per heavy atom. The molecule has 0 unspecified atom stereocenters. The Balaban J connectivity index is 1.59. The molecule has 0 aromatic heterocycles. The molecular weight excluding hydrogens is 396 g/mol. The van der Waals surface area contributed by atoms with Gasteiger partial charge in [-0.3, -0.25) is 9.52 Å². The van der Waals surface area contributed by atoms with Crippen LogP contribution in [0.25, 0.3) is 0 Å². The number of hydrogen-bond acceptors (Lipinski definition) is 3. The van der Waals surface area contributed by atoms with Crippen molar-refractivity contribution >= 4 is 38.9 Å². The van der Waals surface area contributed by atoms with Crippen LogP contribution in [0.4, 0.5) is 11.4 Å². The van der Waals surface area contributed by atoms with Crippen LogP contribution in [0.2, 0.25) is 5.02 Å². The van der Waals surface area contributed by atoms with E-state index in [1.54, 1.807) is 53.4 Å². The SMILES string of the molecule is O=C(c1ccccc1)N1CCc2cc(S(=O)(=O)Nc3ccc(Cl)cc3)ccc21. The van der Waals surface area contributed by atoms with Gasteiger partial charge in [0.05, 0.1) is 4.90 Å². The lowest BCUT2D eigenvalue weighted by Crippen LogP contribution is -2.28. The first-order valence-electron chi connectivity index (χ1n) is 8.72. The molecule has 142 valence electrons. The number of nitrogens with one attached hydrogen (secondary N) is 1. The monoisotopic (exact) mass is 412 g/mol. The Morgan fingerprint density at radius 3 is 2.39 bits per heavy atom. The highest BCUT2D eigenvalue weighted by Gasteiger charge is 2.27. The maximum Gasteiger partial charge on any atom is 0.261 e. The summed E-state index contributed by atoms with van der Waals surface area (Å²) >= 11 is 5.84. The third kappa shape index (κ3) is 3.61. The number of halogens is 1. The summed E-state index contributed by atoms with van der Waals surface area (Å²) in [4.78, 5) is 14.6. The zero-order chi connectivity index (χ0) is 19.7. The van der Waals surface area contributed by atoms with Crippen LogP contribution < -0.4 is 9.62 Å². The molecule has 0 bridgehead atoms. The van der Waals surface area contributed by atoms with Crippen molar-refractivity contribution < 1.29 is 13.2 Å². The Kier molecular flexibility index (Phi) is 4.83. The van der Waals surface area contributed by atoms with Crippen LogP contribution in [-0.2, 0) is 16.4 Å². The van der Waals surface area contributed by atoms with E-state index >= 15 is 0 Å². The first-order chi connectivity index (χ1) is 13.4. The molecule has 0 atom stereocenters. The Labute approximate surface area is 168 Å². The third-order valence-electron chi connectivity index (χ3n) is 4.62. The molecule has 5 nitrogen and oxygen atoms in total. The van der Waals surface area contributed by atoms with Gasteiger partial charge in [-0.25, -0.2) is 8.42 Å². The summed E-state index contributed by atoms with van der Waals surface area (Å²) in [6, 6.07) is 20.3. The minimum absolute atomic E-state index is 0.0887. The van der Waals surface area contributed by atoms with Crippen molar-refractivity contribution in [2.75, 3.05) is 16.2 Å². The summed E-state index contributed by atoms with van der Waals surface area (Å²) in [5.41, 5.74) is 2.63. The molecule has 3 aromatic carbocycles. The van der Waals surface area contributed by atoms with Gasteiger partial charge in [-0.15, -0.1) is 0 Å². The average molecular weight is 413 g/mol. The molecule has 7 heteroatoms. The van der Waals surface area contributed by atoms with Crippen molar-refractivity contribution in [2.45, 2.75) is 11.3 Å². The Morgan fingerprint density at radius 2 is 1.68 bits per heavy atom. The number of fused-ring (bicyclic) bond motifs is 1. The fourth-order valence-corrected chi connectivity index (χ4v) is 4.46. The highest BCUT2D eigenvalue weighted by molar-refractivity contribution is 7.92. The molecule has 0 aliphatic carbocycles. The maximum atomic E-state index is 12.7. The first kappa shape index (κ1) is 18.5. The molecule has 4 rings (SSSR count). The van der Waals surface area contributed by atoms with Crippen LogP contribution in [0.5, 0.6) is 0 Å². The second-order valence-corrected chi connectivity index (χ2v) is 8.59. The third-order valence-corrected chi connectivity index (χ3v) is 6.25. The summed E-state index contributed by atoms with van der Waals surface area (Å²) in [6.07, 6.45) is 0.609. The van der Waals surface area contributed by atoms with Crippen LogP contribution in [0.1, 0.15) is 15.9 Å². The summed E-state index contributed by atoms with van der Waals surface area (Å²) in [7, 11) is -3.73. The lowest BCUT2D eigenvalue weighted by atomic mass is 10.1. The number of nitrogens with zero attached hydrogens (tertiary/aromatic N) is 1. The molecule has 0 spiro atoms. The number of carbonyl (C=O) groups excluding carboxylic acids is 1. The second-order valence-electron chi connectivity index (χ2n) is 6.48. The molecule has 28 heavy (non-hydrogen) atoms. The van der Waals surface area contributed by atoms with Gasteiger partial charge in [-0.1, -0.05) is 29.8 Å². The highest BCUT2D eigenvalue weighted by Crippen LogP contribution is 2.32. The number of sulfonamides is 1. The normalized spacial score (nSPS) is 13.2. The lowest BCUT2D eigenvalue weighted by molar-refractivity contribution is 0.0989. The smallest absolute Gasteiger partial charge is 0.261 e. The van der Waals surface area contributed by atoms with Gasteiger partial charge in [0.2, 0.25) is 0 Å². The summed E-state index contributed by atoms with van der Waals surface area (Å²) < 4.78 is 27.9. The summed E-state index contributed by atoms with van der Waals surface area (Å²) in [6.45, 7) is 0.525. The first-order valence-corrected chi connectivity index (χ1v) is 10.6. The molecule has 1 N–H and O–H groups in total. The molecule has 1 aliphatic rings. The van der Waals surface area contributed by atoms with Gasteiger partial charge in [-0.2, -0.15) is 0 Å². The van der Waals surface area contributed by atoms with Crippen molar-refractivity contribution in [1.82, 2.24) is 0 Å². The Bertz CT molecular complexity index is 1130. The molecule has 3 aromatic rings. The molecular formula is C21H17ClN2O3S. The molecule has 1 heterocycles. The number of amides is 1. The minimum atomic E-state index is -3.73. The van der Waals surface area contributed by atoms with Gasteiger partial charge in [0.15, 0.2) is 0 Å². The van der Waals surface area contributed by atoms with Crippen LogP contribution >= 0.6 is 11.6 Å². The van der Waals surface area contributed by atoms with Crippen molar-refractivity contribution in [3.05, 3.63) is 88.9 Å². The summed E-state index contributed by atoms with van der Waals surface area (Å²) in [5, 5.41) is 0.531. The zero-order valence-electron chi connectivity index (χ0n) is 14.8. The predicted molar refractivity (Wildman–Crippen MR) is 111 cm³/mol. The van der Waals surface area contributed by atoms with E-state index in [4.69, 9.17) is 11.6 Å². The second kappa shape index (κ2) is 7.30. The van der Waals surface area contributed by atoms with Crippen molar-refractivity contribution in [3.8, 4) is 0 Å². The van der Waals surface area contributed by atoms with E-state index in [0.29, 0.717) is 29.2 Å². The van der Waals surface area contributed by atoms with Crippen LogP contribution in [0.15, 0.2) is 77.7 Å². The average Bonchev–Trinajstić information content (AvgIpc) is 3.13.